The Morgan fingerprint density at radius 2 is 1.93 bits per heavy atom. The number of nitrogens with one attached hydrogen (secondary N) is 1. The number of aliphatic imine (C=N–C) groups is 1. The number of carboxylic acid groups (broad SMARTS) is 1. The van der Waals surface area contributed by atoms with Gasteiger partial charge in [0, 0.05) is 5.69 Å². The molecule has 0 saturated heterocycles. The van der Waals surface area contributed by atoms with Gasteiger partial charge in [0.15, 0.2) is 5.96 Å². The third-order valence-electron chi connectivity index (χ3n) is 1.57. The molecule has 0 heterocycles. The highest BCUT2D eigenvalue weighted by molar-refractivity contribution is 5.79. The quantitative estimate of drug-likeness (QED) is 0.413. The van der Waals surface area contributed by atoms with E-state index in [0.717, 1.165) is 0 Å². The van der Waals surface area contributed by atoms with Crippen LogP contribution in [-0.4, -0.2) is 23.6 Å². The molecule has 0 bridgehead atoms. The first-order valence-electron chi connectivity index (χ1n) is 4.23. The number of benzene rings is 1. The molecule has 1 aromatic rings. The van der Waals surface area contributed by atoms with Crippen molar-refractivity contribution >= 4 is 23.3 Å². The van der Waals surface area contributed by atoms with Gasteiger partial charge < -0.3 is 21.9 Å². The third kappa shape index (κ3) is 3.99. The number of aliphatic carboxylic acids is 1. The number of anilines is 1. The summed E-state index contributed by atoms with van der Waals surface area (Å²) in [5, 5.41) is 11.1. The zero-order valence-electron chi connectivity index (χ0n) is 7.97. The van der Waals surface area contributed by atoms with Crippen LogP contribution in [0.5, 0.6) is 0 Å². The molecule has 0 atom stereocenters. The van der Waals surface area contributed by atoms with Crippen LogP contribution < -0.4 is 16.8 Å². The summed E-state index contributed by atoms with van der Waals surface area (Å²) in [6.07, 6.45) is 0. The van der Waals surface area contributed by atoms with E-state index in [-0.39, 0.29) is 12.5 Å². The molecule has 0 fully saturated rings. The predicted octanol–water partition coefficient (Wildman–Crippen LogP) is 0.0880. The fourth-order valence-corrected chi connectivity index (χ4v) is 0.981. The van der Waals surface area contributed by atoms with E-state index in [1.807, 2.05) is 0 Å². The number of guanidine groups is 1. The third-order valence-corrected chi connectivity index (χ3v) is 1.57. The number of hydrogen-bond acceptors (Lipinski definition) is 3. The number of rotatable bonds is 4. The Morgan fingerprint density at radius 3 is 2.40 bits per heavy atom. The van der Waals surface area contributed by atoms with Gasteiger partial charge in [0.05, 0.1) is 5.69 Å². The van der Waals surface area contributed by atoms with Crippen LogP contribution in [0.1, 0.15) is 0 Å². The predicted molar refractivity (Wildman–Crippen MR) is 58.0 cm³/mol. The first kappa shape index (κ1) is 10.8. The Bertz CT molecular complexity index is 368. The molecule has 1 rings (SSSR count). The molecule has 0 radical (unpaired) electrons. The van der Waals surface area contributed by atoms with Crippen molar-refractivity contribution in [2.75, 3.05) is 11.9 Å². The summed E-state index contributed by atoms with van der Waals surface area (Å²) < 4.78 is 0. The standard InChI is InChI=1S/C9H12N4O2/c10-9(11)13-7-3-1-6(2-4-7)12-5-8(14)15/h1-4,12H,5H2,(H,14,15)(H4,10,11,13). The number of carbonyl (C=O) groups is 1. The van der Waals surface area contributed by atoms with Crippen molar-refractivity contribution in [1.82, 2.24) is 0 Å². The van der Waals surface area contributed by atoms with Crippen molar-refractivity contribution < 1.29 is 9.90 Å². The Kier molecular flexibility index (Phi) is 3.50. The Morgan fingerprint density at radius 1 is 1.33 bits per heavy atom. The lowest BCUT2D eigenvalue weighted by molar-refractivity contribution is -0.134. The van der Waals surface area contributed by atoms with Gasteiger partial charge in [-0.05, 0) is 24.3 Å². The summed E-state index contributed by atoms with van der Waals surface area (Å²) >= 11 is 0. The minimum atomic E-state index is -0.914. The van der Waals surface area contributed by atoms with Crippen molar-refractivity contribution in [2.24, 2.45) is 16.5 Å². The Hall–Kier alpha value is -2.24. The van der Waals surface area contributed by atoms with E-state index >= 15 is 0 Å². The van der Waals surface area contributed by atoms with E-state index in [9.17, 15) is 4.79 Å². The second-order valence-corrected chi connectivity index (χ2v) is 2.83. The average Bonchev–Trinajstić information content (AvgIpc) is 2.16. The van der Waals surface area contributed by atoms with Gasteiger partial charge in [0.1, 0.15) is 6.54 Å². The molecular weight excluding hydrogens is 196 g/mol. The molecule has 6 N–H and O–H groups in total. The second-order valence-electron chi connectivity index (χ2n) is 2.83. The largest absolute Gasteiger partial charge is 0.480 e. The molecule has 0 saturated carbocycles. The normalized spacial score (nSPS) is 9.33. The minimum absolute atomic E-state index is 0.0127. The number of carboxylic acids is 1. The highest BCUT2D eigenvalue weighted by atomic mass is 16.4. The maximum Gasteiger partial charge on any atom is 0.322 e. The van der Waals surface area contributed by atoms with E-state index in [1.54, 1.807) is 24.3 Å². The molecular formula is C9H12N4O2. The van der Waals surface area contributed by atoms with E-state index < -0.39 is 5.97 Å². The summed E-state index contributed by atoms with van der Waals surface area (Å²) in [6.45, 7) is -0.123. The molecule has 80 valence electrons. The molecule has 6 heteroatoms. The summed E-state index contributed by atoms with van der Waals surface area (Å²) in [5.74, 6) is -0.926. The molecule has 0 aliphatic carbocycles. The highest BCUT2D eigenvalue weighted by Crippen LogP contribution is 2.15. The fourth-order valence-electron chi connectivity index (χ4n) is 0.981. The zero-order chi connectivity index (χ0) is 11.3. The molecule has 0 spiro atoms. The van der Waals surface area contributed by atoms with Crippen LogP contribution in [0, 0.1) is 0 Å². The smallest absolute Gasteiger partial charge is 0.322 e. The van der Waals surface area contributed by atoms with Gasteiger partial charge in [-0.3, -0.25) is 4.79 Å². The summed E-state index contributed by atoms with van der Waals surface area (Å²) in [5.41, 5.74) is 11.7. The highest BCUT2D eigenvalue weighted by Gasteiger charge is 1.96. The number of nitrogens with two attached hydrogens (primary N) is 2. The first-order chi connectivity index (χ1) is 7.08. The van der Waals surface area contributed by atoms with Crippen LogP contribution in [-0.2, 0) is 4.79 Å². The average molecular weight is 208 g/mol. The van der Waals surface area contributed by atoms with Crippen LogP contribution in [0.15, 0.2) is 29.3 Å². The second kappa shape index (κ2) is 4.85. The first-order valence-corrected chi connectivity index (χ1v) is 4.23. The molecule has 0 aliphatic rings. The van der Waals surface area contributed by atoms with Crippen molar-refractivity contribution in [3.8, 4) is 0 Å². The van der Waals surface area contributed by atoms with Gasteiger partial charge in [-0.1, -0.05) is 0 Å². The van der Waals surface area contributed by atoms with Crippen LogP contribution in [0.2, 0.25) is 0 Å². The van der Waals surface area contributed by atoms with Crippen molar-refractivity contribution in [3.63, 3.8) is 0 Å². The van der Waals surface area contributed by atoms with Gasteiger partial charge in [0.2, 0.25) is 0 Å². The maximum absolute atomic E-state index is 10.3. The molecule has 0 aromatic heterocycles. The molecule has 1 aromatic carbocycles. The monoisotopic (exact) mass is 208 g/mol. The molecule has 0 amide bonds. The topological polar surface area (TPSA) is 114 Å². The molecule has 0 unspecified atom stereocenters. The van der Waals surface area contributed by atoms with Crippen LogP contribution in [0.4, 0.5) is 11.4 Å². The van der Waals surface area contributed by atoms with Crippen LogP contribution in [0.3, 0.4) is 0 Å². The molecule has 15 heavy (non-hydrogen) atoms. The Balaban J connectivity index is 2.64. The van der Waals surface area contributed by atoms with Gasteiger partial charge in [0.25, 0.3) is 0 Å². The van der Waals surface area contributed by atoms with Gasteiger partial charge >= 0.3 is 5.97 Å². The van der Waals surface area contributed by atoms with E-state index in [2.05, 4.69) is 10.3 Å². The van der Waals surface area contributed by atoms with E-state index in [0.29, 0.717) is 11.4 Å². The maximum atomic E-state index is 10.3. The van der Waals surface area contributed by atoms with Gasteiger partial charge in [-0.25, -0.2) is 4.99 Å². The fraction of sp³-hybridized carbons (Fsp3) is 0.111. The van der Waals surface area contributed by atoms with Gasteiger partial charge in [-0.15, -0.1) is 0 Å². The number of hydrogen-bond donors (Lipinski definition) is 4. The van der Waals surface area contributed by atoms with Crippen LogP contribution in [0.25, 0.3) is 0 Å². The lowest BCUT2D eigenvalue weighted by atomic mass is 10.3. The number of nitrogens with zero attached hydrogens (tertiary/aromatic N) is 1. The van der Waals surface area contributed by atoms with Gasteiger partial charge in [-0.2, -0.15) is 0 Å². The van der Waals surface area contributed by atoms with Crippen molar-refractivity contribution in [1.29, 1.82) is 0 Å². The summed E-state index contributed by atoms with van der Waals surface area (Å²) in [6, 6.07) is 6.77. The SMILES string of the molecule is NC(N)=Nc1ccc(NCC(=O)O)cc1. The Labute approximate surface area is 86.6 Å². The molecule has 6 nitrogen and oxygen atoms in total. The van der Waals surface area contributed by atoms with Crippen molar-refractivity contribution in [2.45, 2.75) is 0 Å². The zero-order valence-corrected chi connectivity index (χ0v) is 7.97. The lowest BCUT2D eigenvalue weighted by Gasteiger charge is -2.02. The van der Waals surface area contributed by atoms with E-state index in [1.165, 1.54) is 0 Å². The summed E-state index contributed by atoms with van der Waals surface area (Å²) in [4.78, 5) is 14.1. The van der Waals surface area contributed by atoms with Crippen LogP contribution >= 0.6 is 0 Å². The lowest BCUT2D eigenvalue weighted by Crippen LogP contribution is -2.21. The minimum Gasteiger partial charge on any atom is -0.480 e. The van der Waals surface area contributed by atoms with Crippen molar-refractivity contribution in [3.05, 3.63) is 24.3 Å². The van der Waals surface area contributed by atoms with E-state index in [4.69, 9.17) is 16.6 Å². The summed E-state index contributed by atoms with van der Waals surface area (Å²) in [7, 11) is 0. The molecule has 0 aliphatic heterocycles.